The number of halogens is 1. The van der Waals surface area contributed by atoms with Crippen molar-refractivity contribution < 1.29 is 13.7 Å². The summed E-state index contributed by atoms with van der Waals surface area (Å²) in [7, 11) is 0. The van der Waals surface area contributed by atoms with Gasteiger partial charge in [-0.25, -0.2) is 4.39 Å². The van der Waals surface area contributed by atoms with Crippen LogP contribution in [0.2, 0.25) is 0 Å². The van der Waals surface area contributed by atoms with Crippen LogP contribution in [0.1, 0.15) is 44.5 Å². The van der Waals surface area contributed by atoms with Gasteiger partial charge in [0.2, 0.25) is 17.6 Å². The lowest BCUT2D eigenvalue weighted by molar-refractivity contribution is -0.134. The summed E-state index contributed by atoms with van der Waals surface area (Å²) < 4.78 is 18.7. The first-order chi connectivity index (χ1) is 12.6. The molecule has 0 radical (unpaired) electrons. The summed E-state index contributed by atoms with van der Waals surface area (Å²) >= 11 is 0. The summed E-state index contributed by atoms with van der Waals surface area (Å²) in [6, 6.07) is 5.64. The highest BCUT2D eigenvalue weighted by atomic mass is 19.1. The second kappa shape index (κ2) is 6.79. The van der Waals surface area contributed by atoms with Gasteiger partial charge in [0.15, 0.2) is 0 Å². The highest BCUT2D eigenvalue weighted by Crippen LogP contribution is 2.44. The van der Waals surface area contributed by atoms with E-state index in [4.69, 9.17) is 4.52 Å². The number of fused-ring (bicyclic) bond motifs is 1. The number of carbonyl (C=O) groups is 1. The molecule has 0 spiro atoms. The molecular weight excluding hydrogens is 335 g/mol. The van der Waals surface area contributed by atoms with Crippen LogP contribution in [0.15, 0.2) is 28.8 Å². The lowest BCUT2D eigenvalue weighted by Gasteiger charge is -2.37. The van der Waals surface area contributed by atoms with Crippen LogP contribution in [0.4, 0.5) is 4.39 Å². The average molecular weight is 358 g/mol. The second-order valence-corrected chi connectivity index (χ2v) is 7.39. The van der Waals surface area contributed by atoms with Crippen LogP contribution >= 0.6 is 0 Å². The molecule has 138 valence electrons. The van der Waals surface area contributed by atoms with Gasteiger partial charge in [-0.3, -0.25) is 4.79 Å². The molecule has 1 saturated carbocycles. The number of rotatable bonds is 4. The van der Waals surface area contributed by atoms with Gasteiger partial charge in [-0.15, -0.1) is 0 Å². The number of amides is 1. The number of nitrogens with zero attached hydrogens (tertiary/aromatic N) is 2. The fourth-order valence-electron chi connectivity index (χ4n) is 4.25. The van der Waals surface area contributed by atoms with Crippen molar-refractivity contribution in [1.29, 1.82) is 0 Å². The molecule has 0 bridgehead atoms. The number of hydrogen-bond acceptors (Lipinski definition) is 5. The first-order valence-electron chi connectivity index (χ1n) is 9.20. The zero-order valence-corrected chi connectivity index (χ0v) is 14.8. The lowest BCUT2D eigenvalue weighted by atomic mass is 9.67. The Morgan fingerprint density at radius 2 is 2.35 bits per heavy atom. The van der Waals surface area contributed by atoms with E-state index in [1.807, 2.05) is 6.92 Å². The van der Waals surface area contributed by atoms with Crippen LogP contribution in [-0.4, -0.2) is 29.1 Å². The first-order valence-corrected chi connectivity index (χ1v) is 9.20. The molecule has 3 atom stereocenters. The van der Waals surface area contributed by atoms with Crippen LogP contribution < -0.4 is 10.6 Å². The molecule has 2 heterocycles. The third-order valence-electron chi connectivity index (χ3n) is 5.73. The highest BCUT2D eigenvalue weighted by molar-refractivity contribution is 5.84. The van der Waals surface area contributed by atoms with E-state index >= 15 is 0 Å². The fraction of sp³-hybridized carbons (Fsp3) is 0.526. The van der Waals surface area contributed by atoms with Crippen molar-refractivity contribution in [2.45, 2.75) is 38.6 Å². The maximum Gasteiger partial charge on any atom is 0.249 e. The zero-order valence-electron chi connectivity index (χ0n) is 14.8. The first kappa shape index (κ1) is 17.1. The molecule has 1 unspecified atom stereocenters. The molecule has 1 saturated heterocycles. The molecule has 1 aromatic carbocycles. The van der Waals surface area contributed by atoms with E-state index in [9.17, 15) is 9.18 Å². The molecule has 2 aromatic rings. The van der Waals surface area contributed by atoms with E-state index in [0.717, 1.165) is 32.4 Å². The summed E-state index contributed by atoms with van der Waals surface area (Å²) in [4.78, 5) is 17.3. The van der Waals surface area contributed by atoms with Gasteiger partial charge in [0.1, 0.15) is 11.9 Å². The van der Waals surface area contributed by atoms with Crippen molar-refractivity contribution >= 4 is 5.91 Å². The van der Waals surface area contributed by atoms with Gasteiger partial charge in [0.05, 0.1) is 5.41 Å². The van der Waals surface area contributed by atoms with E-state index in [0.29, 0.717) is 23.2 Å². The minimum atomic E-state index is -0.394. The Morgan fingerprint density at radius 3 is 3.19 bits per heavy atom. The van der Waals surface area contributed by atoms with Crippen molar-refractivity contribution in [1.82, 2.24) is 20.8 Å². The van der Waals surface area contributed by atoms with Crippen LogP contribution in [0.25, 0.3) is 11.4 Å². The number of benzene rings is 1. The quantitative estimate of drug-likeness (QED) is 0.878. The molecule has 1 aromatic heterocycles. The molecule has 1 aliphatic heterocycles. The third-order valence-corrected chi connectivity index (χ3v) is 5.73. The Kier molecular flexibility index (Phi) is 4.48. The number of hydrogen-bond donors (Lipinski definition) is 2. The Balaban J connectivity index is 1.48. The van der Waals surface area contributed by atoms with Crippen molar-refractivity contribution in [3.8, 4) is 11.4 Å². The monoisotopic (exact) mass is 358 g/mol. The maximum absolute atomic E-state index is 13.4. The summed E-state index contributed by atoms with van der Waals surface area (Å²) in [5, 5.41) is 10.4. The van der Waals surface area contributed by atoms with Crippen LogP contribution in [0, 0.1) is 17.2 Å². The topological polar surface area (TPSA) is 80.0 Å². The van der Waals surface area contributed by atoms with Gasteiger partial charge in [-0.1, -0.05) is 30.1 Å². The standard InChI is InChI=1S/C19H23FN4O2/c1-12(17-23-16(24-26-17)13-5-4-7-15(20)9-13)22-18(25)19-8-3-2-6-14(19)10-21-11-19/h4-5,7,9,12,14,21H,2-3,6,8,10-11H2,1H3,(H,22,25)/t12?,14-,19+/m0/s1. The van der Waals surface area contributed by atoms with Crippen LogP contribution in [0.3, 0.4) is 0 Å². The molecular formula is C19H23FN4O2. The Morgan fingerprint density at radius 1 is 1.46 bits per heavy atom. The normalized spacial score (nSPS) is 26.3. The average Bonchev–Trinajstić information content (AvgIpc) is 3.29. The lowest BCUT2D eigenvalue weighted by Crippen LogP contribution is -2.48. The Bertz CT molecular complexity index is 808. The highest BCUT2D eigenvalue weighted by Gasteiger charge is 2.50. The van der Waals surface area contributed by atoms with Crippen molar-refractivity contribution in [2.75, 3.05) is 13.1 Å². The minimum Gasteiger partial charge on any atom is -0.344 e. The summed E-state index contributed by atoms with van der Waals surface area (Å²) in [5.74, 6) is 0.745. The minimum absolute atomic E-state index is 0.0604. The third kappa shape index (κ3) is 3.00. The van der Waals surface area contributed by atoms with E-state index in [1.54, 1.807) is 12.1 Å². The molecule has 1 amide bonds. The fourth-order valence-corrected chi connectivity index (χ4v) is 4.25. The molecule has 26 heavy (non-hydrogen) atoms. The van der Waals surface area contributed by atoms with E-state index in [-0.39, 0.29) is 17.1 Å². The van der Waals surface area contributed by atoms with Gasteiger partial charge in [0.25, 0.3) is 0 Å². The van der Waals surface area contributed by atoms with E-state index in [1.165, 1.54) is 18.6 Å². The SMILES string of the molecule is CC(NC(=O)[C@@]12CCCC[C@H]1CNC2)c1nc(-c2cccc(F)c2)no1. The van der Waals surface area contributed by atoms with Gasteiger partial charge in [-0.05, 0) is 44.4 Å². The second-order valence-electron chi connectivity index (χ2n) is 7.39. The summed E-state index contributed by atoms with van der Waals surface area (Å²) in [6.45, 7) is 3.47. The molecule has 2 fully saturated rings. The predicted octanol–water partition coefficient (Wildman–Crippen LogP) is 2.83. The molecule has 7 heteroatoms. The van der Waals surface area contributed by atoms with Crippen molar-refractivity contribution in [3.05, 3.63) is 36.0 Å². The smallest absolute Gasteiger partial charge is 0.249 e. The van der Waals surface area contributed by atoms with Gasteiger partial charge in [0, 0.05) is 12.1 Å². The van der Waals surface area contributed by atoms with Gasteiger partial charge < -0.3 is 15.2 Å². The zero-order chi connectivity index (χ0) is 18.1. The van der Waals surface area contributed by atoms with Crippen molar-refractivity contribution in [3.63, 3.8) is 0 Å². The number of nitrogens with one attached hydrogen (secondary N) is 2. The van der Waals surface area contributed by atoms with Gasteiger partial charge in [-0.2, -0.15) is 4.98 Å². The van der Waals surface area contributed by atoms with E-state index in [2.05, 4.69) is 20.8 Å². The summed E-state index contributed by atoms with van der Waals surface area (Å²) in [5.41, 5.74) is 0.224. The molecule has 6 nitrogen and oxygen atoms in total. The molecule has 2 N–H and O–H groups in total. The Labute approximate surface area is 151 Å². The largest absolute Gasteiger partial charge is 0.344 e. The predicted molar refractivity (Wildman–Crippen MR) is 93.5 cm³/mol. The van der Waals surface area contributed by atoms with Crippen LogP contribution in [-0.2, 0) is 4.79 Å². The number of carbonyl (C=O) groups excluding carboxylic acids is 1. The van der Waals surface area contributed by atoms with E-state index < -0.39 is 6.04 Å². The Hall–Kier alpha value is -2.28. The van der Waals surface area contributed by atoms with Crippen molar-refractivity contribution in [2.24, 2.45) is 11.3 Å². The molecule has 4 rings (SSSR count). The summed E-state index contributed by atoms with van der Waals surface area (Å²) in [6.07, 6.45) is 4.29. The maximum atomic E-state index is 13.4. The van der Waals surface area contributed by atoms with Crippen LogP contribution in [0.5, 0.6) is 0 Å². The van der Waals surface area contributed by atoms with Gasteiger partial charge >= 0.3 is 0 Å². The molecule has 2 aliphatic rings. The number of aromatic nitrogens is 2. The molecule has 1 aliphatic carbocycles.